The van der Waals surface area contributed by atoms with Crippen molar-refractivity contribution in [2.24, 2.45) is 0 Å². The molecule has 0 amide bonds. The third-order valence-electron chi connectivity index (χ3n) is 6.45. The second-order valence-corrected chi connectivity index (χ2v) is 9.24. The summed E-state index contributed by atoms with van der Waals surface area (Å²) in [7, 11) is 0. The van der Waals surface area contributed by atoms with E-state index < -0.39 is 24.4 Å². The van der Waals surface area contributed by atoms with Gasteiger partial charge < -0.3 is 23.7 Å². The number of hydrogen-bond acceptors (Lipinski definition) is 5. The van der Waals surface area contributed by atoms with Crippen LogP contribution in [0.3, 0.4) is 0 Å². The van der Waals surface area contributed by atoms with E-state index in [1.54, 1.807) is 0 Å². The summed E-state index contributed by atoms with van der Waals surface area (Å²) >= 11 is 0. The zero-order chi connectivity index (χ0) is 26.4. The molecule has 0 N–H and O–H groups in total. The summed E-state index contributed by atoms with van der Waals surface area (Å²) in [6, 6.07) is 30.2. The van der Waals surface area contributed by atoms with Gasteiger partial charge in [0.1, 0.15) is 31.0 Å². The minimum Gasteiger partial charge on any atom is -0.374 e. The van der Waals surface area contributed by atoms with Crippen molar-refractivity contribution in [3.05, 3.63) is 120 Å². The molecule has 0 aliphatic carbocycles. The van der Waals surface area contributed by atoms with E-state index in [1.807, 2.05) is 97.1 Å². The second kappa shape index (κ2) is 15.2. The van der Waals surface area contributed by atoms with Crippen LogP contribution in [0.25, 0.3) is 0 Å². The molecule has 0 spiro atoms. The molecule has 0 unspecified atom stereocenters. The van der Waals surface area contributed by atoms with Gasteiger partial charge in [-0.05, 0) is 23.1 Å². The SMILES string of the molecule is C#CCO[C@H]1[C@H](OCc2ccccc2)[C@@H](OCc2ccccc2)[C@@H](CC=C)O[C@@H]1COCc1ccccc1. The smallest absolute Gasteiger partial charge is 0.116 e. The molecule has 5 nitrogen and oxygen atoms in total. The quantitative estimate of drug-likeness (QED) is 0.204. The first-order valence-electron chi connectivity index (χ1n) is 13.0. The van der Waals surface area contributed by atoms with Crippen molar-refractivity contribution < 1.29 is 23.7 Å². The molecule has 4 rings (SSSR count). The normalized spacial score (nSPS) is 23.0. The Morgan fingerprint density at radius 3 is 1.71 bits per heavy atom. The first-order chi connectivity index (χ1) is 18.8. The van der Waals surface area contributed by atoms with Gasteiger partial charge in [-0.3, -0.25) is 0 Å². The highest BCUT2D eigenvalue weighted by molar-refractivity contribution is 5.15. The number of hydrogen-bond donors (Lipinski definition) is 0. The first-order valence-corrected chi connectivity index (χ1v) is 13.0. The van der Waals surface area contributed by atoms with Crippen molar-refractivity contribution in [2.75, 3.05) is 13.2 Å². The fourth-order valence-electron chi connectivity index (χ4n) is 4.62. The van der Waals surface area contributed by atoms with Gasteiger partial charge in [-0.1, -0.05) is 103 Å². The van der Waals surface area contributed by atoms with Crippen LogP contribution in [0.5, 0.6) is 0 Å². The Morgan fingerprint density at radius 1 is 0.684 bits per heavy atom. The van der Waals surface area contributed by atoms with Crippen molar-refractivity contribution >= 4 is 0 Å². The molecule has 1 saturated heterocycles. The van der Waals surface area contributed by atoms with Gasteiger partial charge in [-0.2, -0.15) is 0 Å². The monoisotopic (exact) mass is 512 g/mol. The molecule has 0 aromatic heterocycles. The summed E-state index contributed by atoms with van der Waals surface area (Å²) in [5, 5.41) is 0. The summed E-state index contributed by atoms with van der Waals surface area (Å²) in [5.41, 5.74) is 3.22. The van der Waals surface area contributed by atoms with Crippen LogP contribution in [-0.2, 0) is 43.5 Å². The lowest BCUT2D eigenvalue weighted by molar-refractivity contribution is -0.267. The molecule has 0 saturated carbocycles. The fourth-order valence-corrected chi connectivity index (χ4v) is 4.62. The number of rotatable bonds is 14. The second-order valence-electron chi connectivity index (χ2n) is 9.24. The van der Waals surface area contributed by atoms with Crippen molar-refractivity contribution in [3.8, 4) is 12.3 Å². The molecule has 1 aliphatic heterocycles. The molecule has 1 aliphatic rings. The molecule has 3 aromatic carbocycles. The lowest BCUT2D eigenvalue weighted by atomic mass is 9.92. The van der Waals surface area contributed by atoms with Gasteiger partial charge in [0, 0.05) is 0 Å². The Kier molecular flexibility index (Phi) is 11.1. The minimum absolute atomic E-state index is 0.131. The Bertz CT molecular complexity index is 1110. The predicted octanol–water partition coefficient (Wildman–Crippen LogP) is 5.74. The van der Waals surface area contributed by atoms with Crippen LogP contribution in [0.1, 0.15) is 23.1 Å². The van der Waals surface area contributed by atoms with Gasteiger partial charge in [0.2, 0.25) is 0 Å². The lowest BCUT2D eigenvalue weighted by Gasteiger charge is -2.46. The summed E-state index contributed by atoms with van der Waals surface area (Å²) in [5.74, 6) is 2.59. The van der Waals surface area contributed by atoms with Gasteiger partial charge in [0.15, 0.2) is 0 Å². The summed E-state index contributed by atoms with van der Waals surface area (Å²) in [6.45, 7) is 5.71. The Hall–Kier alpha value is -3.24. The van der Waals surface area contributed by atoms with Crippen molar-refractivity contribution in [1.29, 1.82) is 0 Å². The molecule has 5 atom stereocenters. The zero-order valence-corrected chi connectivity index (χ0v) is 21.7. The fraction of sp³-hybridized carbons (Fsp3) is 0.333. The van der Waals surface area contributed by atoms with E-state index in [9.17, 15) is 0 Å². The van der Waals surface area contributed by atoms with Crippen molar-refractivity contribution in [2.45, 2.75) is 56.8 Å². The third-order valence-corrected chi connectivity index (χ3v) is 6.45. The Balaban J connectivity index is 1.56. The summed E-state index contributed by atoms with van der Waals surface area (Å²) in [6.07, 6.45) is 6.05. The minimum atomic E-state index is -0.479. The highest BCUT2D eigenvalue weighted by Gasteiger charge is 2.47. The highest BCUT2D eigenvalue weighted by atomic mass is 16.6. The molecule has 38 heavy (non-hydrogen) atoms. The van der Waals surface area contributed by atoms with Gasteiger partial charge in [0.25, 0.3) is 0 Å². The molecule has 1 fully saturated rings. The van der Waals surface area contributed by atoms with E-state index in [-0.39, 0.29) is 12.7 Å². The van der Waals surface area contributed by atoms with Crippen LogP contribution in [-0.4, -0.2) is 43.7 Å². The van der Waals surface area contributed by atoms with Crippen LogP contribution < -0.4 is 0 Å². The molecule has 0 radical (unpaired) electrons. The predicted molar refractivity (Wildman–Crippen MR) is 148 cm³/mol. The average molecular weight is 513 g/mol. The Labute approximate surface area is 226 Å². The molecule has 1 heterocycles. The summed E-state index contributed by atoms with van der Waals surface area (Å²) < 4.78 is 31.9. The molecular formula is C33H36O5. The highest BCUT2D eigenvalue weighted by Crippen LogP contribution is 2.31. The maximum atomic E-state index is 6.56. The topological polar surface area (TPSA) is 46.2 Å². The van der Waals surface area contributed by atoms with Crippen molar-refractivity contribution in [1.82, 2.24) is 0 Å². The van der Waals surface area contributed by atoms with E-state index in [1.165, 1.54) is 0 Å². The molecule has 3 aromatic rings. The molecule has 5 heteroatoms. The van der Waals surface area contributed by atoms with Crippen LogP contribution in [0.15, 0.2) is 104 Å². The standard InChI is InChI=1S/C33H36O5/c1-3-14-29-31(36-23-27-17-10-6-11-18-27)33(37-24-28-19-12-7-13-20-28)32(35-21-4-2)30(38-29)25-34-22-26-15-8-5-9-16-26/h2-3,5-13,15-20,29-33H,1,14,21-25H2/t29-,30-,31+,32-,33-/m1/s1. The van der Waals surface area contributed by atoms with Gasteiger partial charge in [-0.15, -0.1) is 13.0 Å². The molecular weight excluding hydrogens is 476 g/mol. The van der Waals surface area contributed by atoms with Gasteiger partial charge in [0.05, 0.1) is 32.5 Å². The Morgan fingerprint density at radius 2 is 1.18 bits per heavy atom. The maximum Gasteiger partial charge on any atom is 0.116 e. The van der Waals surface area contributed by atoms with E-state index in [0.29, 0.717) is 32.8 Å². The van der Waals surface area contributed by atoms with Gasteiger partial charge in [-0.25, -0.2) is 0 Å². The number of ether oxygens (including phenoxy) is 5. The van der Waals surface area contributed by atoms with E-state index in [2.05, 4.69) is 12.5 Å². The average Bonchev–Trinajstić information content (AvgIpc) is 2.96. The van der Waals surface area contributed by atoms with Crippen LogP contribution in [0.2, 0.25) is 0 Å². The zero-order valence-electron chi connectivity index (χ0n) is 21.7. The largest absolute Gasteiger partial charge is 0.374 e. The van der Waals surface area contributed by atoms with Crippen molar-refractivity contribution in [3.63, 3.8) is 0 Å². The number of benzene rings is 3. The summed E-state index contributed by atoms with van der Waals surface area (Å²) in [4.78, 5) is 0. The maximum absolute atomic E-state index is 6.56. The molecule has 198 valence electrons. The molecule has 0 bridgehead atoms. The number of terminal acetylenes is 1. The van der Waals surface area contributed by atoms with Crippen LogP contribution >= 0.6 is 0 Å². The van der Waals surface area contributed by atoms with E-state index in [0.717, 1.165) is 16.7 Å². The third kappa shape index (κ3) is 8.13. The first kappa shape index (κ1) is 27.8. The van der Waals surface area contributed by atoms with Crippen LogP contribution in [0, 0.1) is 12.3 Å². The van der Waals surface area contributed by atoms with Crippen LogP contribution in [0.4, 0.5) is 0 Å². The van der Waals surface area contributed by atoms with E-state index in [4.69, 9.17) is 30.1 Å². The lowest BCUT2D eigenvalue weighted by Crippen LogP contribution is -2.61. The van der Waals surface area contributed by atoms with Gasteiger partial charge >= 0.3 is 0 Å². The van der Waals surface area contributed by atoms with E-state index >= 15 is 0 Å².